The molecule has 5 nitrogen and oxygen atoms in total. The molecule has 2 rings (SSSR count). The number of ether oxygens (including phenoxy) is 1. The Bertz CT molecular complexity index is 453. The van der Waals surface area contributed by atoms with Gasteiger partial charge in [-0.2, -0.15) is 0 Å². The van der Waals surface area contributed by atoms with Crippen molar-refractivity contribution >= 4 is 34.5 Å². The van der Waals surface area contributed by atoms with Crippen LogP contribution in [0.25, 0.3) is 0 Å². The van der Waals surface area contributed by atoms with E-state index < -0.39 is 0 Å². The SMILES string of the molecule is CCCCOC(=O)N[C@H]1CC[C@H](Nc2ccc(I)cn2)C1. The average molecular weight is 403 g/mol. The number of amides is 1. The molecule has 2 atom stereocenters. The first-order valence-electron chi connectivity index (χ1n) is 7.48. The molecule has 116 valence electrons. The third-order valence-electron chi connectivity index (χ3n) is 3.57. The molecule has 1 saturated carbocycles. The predicted octanol–water partition coefficient (Wildman–Crippen LogP) is 3.55. The summed E-state index contributed by atoms with van der Waals surface area (Å²) in [5.41, 5.74) is 0. The van der Waals surface area contributed by atoms with Gasteiger partial charge in [0.05, 0.1) is 6.61 Å². The predicted molar refractivity (Wildman–Crippen MR) is 91.4 cm³/mol. The fourth-order valence-electron chi connectivity index (χ4n) is 2.43. The molecule has 0 unspecified atom stereocenters. The number of halogens is 1. The smallest absolute Gasteiger partial charge is 0.407 e. The van der Waals surface area contributed by atoms with Crippen molar-refractivity contribution in [1.82, 2.24) is 10.3 Å². The molecule has 0 radical (unpaired) electrons. The standard InChI is InChI=1S/C15H22IN3O2/c1-2-3-8-21-15(20)19-13-6-5-12(9-13)18-14-7-4-11(16)10-17-14/h4,7,10,12-13H,2-3,5-6,8-9H2,1H3,(H,17,18)(H,19,20)/t12-,13-/m0/s1. The number of hydrogen-bond donors (Lipinski definition) is 2. The minimum absolute atomic E-state index is 0.195. The highest BCUT2D eigenvalue weighted by Crippen LogP contribution is 2.22. The Balaban J connectivity index is 1.70. The number of nitrogens with one attached hydrogen (secondary N) is 2. The molecule has 6 heteroatoms. The number of unbranched alkanes of at least 4 members (excludes halogenated alkanes) is 1. The zero-order valence-corrected chi connectivity index (χ0v) is 14.4. The van der Waals surface area contributed by atoms with Crippen molar-refractivity contribution in [3.63, 3.8) is 0 Å². The van der Waals surface area contributed by atoms with E-state index in [0.717, 1.165) is 41.5 Å². The first kappa shape index (κ1) is 16.3. The number of carbonyl (C=O) groups excluding carboxylic acids is 1. The van der Waals surface area contributed by atoms with Gasteiger partial charge >= 0.3 is 6.09 Å². The van der Waals surface area contributed by atoms with Gasteiger partial charge in [0.25, 0.3) is 0 Å². The van der Waals surface area contributed by atoms with E-state index in [0.29, 0.717) is 12.6 Å². The highest BCUT2D eigenvalue weighted by molar-refractivity contribution is 14.1. The monoisotopic (exact) mass is 403 g/mol. The molecule has 0 aromatic carbocycles. The number of rotatable bonds is 6. The minimum atomic E-state index is -0.290. The van der Waals surface area contributed by atoms with Gasteiger partial charge in [0.15, 0.2) is 0 Å². The maximum atomic E-state index is 11.6. The van der Waals surface area contributed by atoms with Gasteiger partial charge in [0.2, 0.25) is 0 Å². The molecule has 0 bridgehead atoms. The molecule has 0 spiro atoms. The molecule has 2 N–H and O–H groups in total. The van der Waals surface area contributed by atoms with Crippen molar-refractivity contribution in [2.75, 3.05) is 11.9 Å². The van der Waals surface area contributed by atoms with Crippen molar-refractivity contribution in [2.24, 2.45) is 0 Å². The van der Waals surface area contributed by atoms with E-state index in [1.165, 1.54) is 0 Å². The number of aromatic nitrogens is 1. The number of nitrogens with zero attached hydrogens (tertiary/aromatic N) is 1. The van der Waals surface area contributed by atoms with E-state index in [1.54, 1.807) is 0 Å². The molecular formula is C15H22IN3O2. The lowest BCUT2D eigenvalue weighted by Gasteiger charge is -2.15. The zero-order chi connectivity index (χ0) is 15.1. The number of alkyl carbamates (subject to hydrolysis) is 1. The molecule has 1 fully saturated rings. The normalized spacial score (nSPS) is 21.0. The van der Waals surface area contributed by atoms with Crippen molar-refractivity contribution in [3.8, 4) is 0 Å². The highest BCUT2D eigenvalue weighted by Gasteiger charge is 2.26. The summed E-state index contributed by atoms with van der Waals surface area (Å²) in [4.78, 5) is 16.0. The second-order valence-electron chi connectivity index (χ2n) is 5.35. The minimum Gasteiger partial charge on any atom is -0.450 e. The molecule has 1 heterocycles. The van der Waals surface area contributed by atoms with E-state index in [2.05, 4.69) is 45.1 Å². The summed E-state index contributed by atoms with van der Waals surface area (Å²) in [7, 11) is 0. The van der Waals surface area contributed by atoms with Crippen LogP contribution in [0.5, 0.6) is 0 Å². The summed E-state index contributed by atoms with van der Waals surface area (Å²) in [5, 5.41) is 6.36. The Morgan fingerprint density at radius 1 is 1.43 bits per heavy atom. The van der Waals surface area contributed by atoms with E-state index >= 15 is 0 Å². The highest BCUT2D eigenvalue weighted by atomic mass is 127. The second kappa shape index (κ2) is 8.41. The third kappa shape index (κ3) is 5.68. The van der Waals surface area contributed by atoms with E-state index in [1.807, 2.05) is 18.3 Å². The van der Waals surface area contributed by atoms with Gasteiger partial charge in [-0.05, 0) is 60.4 Å². The van der Waals surface area contributed by atoms with Gasteiger partial charge in [0.1, 0.15) is 5.82 Å². The van der Waals surface area contributed by atoms with Crippen LogP contribution in [0.15, 0.2) is 18.3 Å². The van der Waals surface area contributed by atoms with Crippen molar-refractivity contribution in [3.05, 3.63) is 21.9 Å². The van der Waals surface area contributed by atoms with Gasteiger partial charge in [0, 0.05) is 21.9 Å². The summed E-state index contributed by atoms with van der Waals surface area (Å²) >= 11 is 2.24. The molecule has 0 saturated heterocycles. The Labute approximate surface area is 139 Å². The molecule has 1 aliphatic carbocycles. The lowest BCUT2D eigenvalue weighted by Crippen LogP contribution is -2.34. The Kier molecular flexibility index (Phi) is 6.53. The molecule has 1 aromatic heterocycles. The molecule has 1 aliphatic rings. The maximum Gasteiger partial charge on any atom is 0.407 e. The Hall–Kier alpha value is -1.05. The lowest BCUT2D eigenvalue weighted by molar-refractivity contribution is 0.140. The number of pyridine rings is 1. The van der Waals surface area contributed by atoms with Crippen LogP contribution < -0.4 is 10.6 Å². The van der Waals surface area contributed by atoms with Crippen LogP contribution in [-0.2, 0) is 4.74 Å². The van der Waals surface area contributed by atoms with Crippen LogP contribution in [-0.4, -0.2) is 29.8 Å². The van der Waals surface area contributed by atoms with Crippen LogP contribution in [0, 0.1) is 3.57 Å². The van der Waals surface area contributed by atoms with Crippen LogP contribution in [0.3, 0.4) is 0 Å². The zero-order valence-electron chi connectivity index (χ0n) is 12.3. The van der Waals surface area contributed by atoms with Crippen LogP contribution in [0.2, 0.25) is 0 Å². The maximum absolute atomic E-state index is 11.6. The molecule has 21 heavy (non-hydrogen) atoms. The van der Waals surface area contributed by atoms with E-state index in [9.17, 15) is 4.79 Å². The molecule has 1 aromatic rings. The van der Waals surface area contributed by atoms with Gasteiger partial charge in [-0.3, -0.25) is 0 Å². The summed E-state index contributed by atoms with van der Waals surface area (Å²) in [6, 6.07) is 4.58. The molecule has 0 aliphatic heterocycles. The van der Waals surface area contributed by atoms with Crippen molar-refractivity contribution < 1.29 is 9.53 Å². The summed E-state index contributed by atoms with van der Waals surface area (Å²) in [6.45, 7) is 2.58. The lowest BCUT2D eigenvalue weighted by atomic mass is 10.2. The van der Waals surface area contributed by atoms with E-state index in [4.69, 9.17) is 4.74 Å². The fraction of sp³-hybridized carbons (Fsp3) is 0.600. The quantitative estimate of drug-likeness (QED) is 0.564. The third-order valence-corrected chi connectivity index (χ3v) is 4.20. The Morgan fingerprint density at radius 3 is 2.95 bits per heavy atom. The number of anilines is 1. The van der Waals surface area contributed by atoms with Crippen molar-refractivity contribution in [2.45, 2.75) is 51.1 Å². The summed E-state index contributed by atoms with van der Waals surface area (Å²) in [6.07, 6.45) is 6.43. The average Bonchev–Trinajstić information content (AvgIpc) is 2.89. The van der Waals surface area contributed by atoms with E-state index in [-0.39, 0.29) is 12.1 Å². The van der Waals surface area contributed by atoms with Crippen LogP contribution >= 0.6 is 22.6 Å². The van der Waals surface area contributed by atoms with Gasteiger partial charge in [-0.25, -0.2) is 9.78 Å². The van der Waals surface area contributed by atoms with Crippen LogP contribution in [0.4, 0.5) is 10.6 Å². The molecule has 1 amide bonds. The number of hydrogen-bond acceptors (Lipinski definition) is 4. The first-order valence-corrected chi connectivity index (χ1v) is 8.56. The Morgan fingerprint density at radius 2 is 2.24 bits per heavy atom. The number of carbonyl (C=O) groups is 1. The van der Waals surface area contributed by atoms with Crippen molar-refractivity contribution in [1.29, 1.82) is 0 Å². The van der Waals surface area contributed by atoms with Gasteiger partial charge in [-0.1, -0.05) is 13.3 Å². The van der Waals surface area contributed by atoms with Crippen LogP contribution in [0.1, 0.15) is 39.0 Å². The summed E-state index contributed by atoms with van der Waals surface area (Å²) in [5.74, 6) is 0.895. The topological polar surface area (TPSA) is 63.2 Å². The fourth-order valence-corrected chi connectivity index (χ4v) is 2.75. The first-order chi connectivity index (χ1) is 10.2. The molecular weight excluding hydrogens is 381 g/mol. The second-order valence-corrected chi connectivity index (χ2v) is 6.59. The van der Waals surface area contributed by atoms with Gasteiger partial charge in [-0.15, -0.1) is 0 Å². The summed E-state index contributed by atoms with van der Waals surface area (Å²) < 4.78 is 6.25. The van der Waals surface area contributed by atoms with Gasteiger partial charge < -0.3 is 15.4 Å². The largest absolute Gasteiger partial charge is 0.450 e.